The van der Waals surface area contributed by atoms with Crippen molar-refractivity contribution in [3.63, 3.8) is 0 Å². The van der Waals surface area contributed by atoms with Crippen molar-refractivity contribution in [1.82, 2.24) is 10.2 Å². The van der Waals surface area contributed by atoms with Crippen LogP contribution in [0.4, 0.5) is 5.69 Å². The number of aliphatic hydroxyl groups is 1. The number of nitrogens with zero attached hydrogens (tertiary/aromatic N) is 2. The van der Waals surface area contributed by atoms with E-state index in [4.69, 9.17) is 9.47 Å². The molecule has 0 aliphatic carbocycles. The van der Waals surface area contributed by atoms with Crippen LogP contribution >= 0.6 is 0 Å². The van der Waals surface area contributed by atoms with Crippen LogP contribution in [0.5, 0.6) is 0 Å². The largest absolute Gasteiger partial charge is 0.455 e. The fraction of sp³-hybridized carbons (Fsp3) is 0.385. The smallest absolute Gasteiger partial charge is 0.313 e. The van der Waals surface area contributed by atoms with Crippen LogP contribution in [0.15, 0.2) is 97.1 Å². The molecule has 0 aromatic heterocycles. The van der Waals surface area contributed by atoms with Crippen molar-refractivity contribution in [1.29, 1.82) is 0 Å². The summed E-state index contributed by atoms with van der Waals surface area (Å²) in [6, 6.07) is 21.0. The number of nitrogens with one attached hydrogen (secondary N) is 1. The van der Waals surface area contributed by atoms with Crippen molar-refractivity contribution in [3.8, 4) is 0 Å². The van der Waals surface area contributed by atoms with E-state index < -0.39 is 53.6 Å². The average molecular weight is 664 g/mol. The molecule has 0 radical (unpaired) electrons. The normalized spacial score (nSPS) is 30.1. The maximum Gasteiger partial charge on any atom is 0.313 e. The average Bonchev–Trinajstić information content (AvgIpc) is 3.49. The van der Waals surface area contributed by atoms with Crippen LogP contribution in [-0.4, -0.2) is 77.2 Å². The van der Waals surface area contributed by atoms with E-state index in [2.05, 4.69) is 5.32 Å². The molecule has 10 nitrogen and oxygen atoms in total. The zero-order valence-corrected chi connectivity index (χ0v) is 27.6. The molecule has 254 valence electrons. The first-order chi connectivity index (χ1) is 23.7. The van der Waals surface area contributed by atoms with Crippen LogP contribution in [0.1, 0.15) is 38.4 Å². The number of allylic oxidation sites excluding steroid dienone is 1. The molecule has 4 aliphatic rings. The summed E-state index contributed by atoms with van der Waals surface area (Å²) in [5.41, 5.74) is -0.156. The molecule has 0 saturated carbocycles. The molecule has 3 aromatic carbocycles. The van der Waals surface area contributed by atoms with E-state index in [1.807, 2.05) is 92.7 Å². The molecule has 2 fully saturated rings. The van der Waals surface area contributed by atoms with Gasteiger partial charge in [0.15, 0.2) is 0 Å². The quantitative estimate of drug-likeness (QED) is 0.311. The van der Waals surface area contributed by atoms with Gasteiger partial charge in [-0.1, -0.05) is 98.8 Å². The number of hydrogen-bond donors (Lipinski definition) is 2. The number of anilines is 1. The summed E-state index contributed by atoms with van der Waals surface area (Å²) in [5.74, 6) is -4.03. The monoisotopic (exact) mass is 663 g/mol. The van der Waals surface area contributed by atoms with Gasteiger partial charge in [0.2, 0.25) is 11.8 Å². The van der Waals surface area contributed by atoms with Gasteiger partial charge in [0.25, 0.3) is 5.91 Å². The number of fused-ring (bicyclic) bond motifs is 3. The molecular weight excluding hydrogens is 622 g/mol. The predicted molar refractivity (Wildman–Crippen MR) is 183 cm³/mol. The van der Waals surface area contributed by atoms with Crippen molar-refractivity contribution in [2.24, 2.45) is 17.8 Å². The Hall–Kier alpha value is -4.80. The van der Waals surface area contributed by atoms with Gasteiger partial charge in [-0.3, -0.25) is 19.2 Å². The molecule has 7 atom stereocenters. The van der Waals surface area contributed by atoms with Gasteiger partial charge in [0.1, 0.15) is 23.7 Å². The minimum Gasteiger partial charge on any atom is -0.455 e. The van der Waals surface area contributed by atoms with E-state index in [9.17, 15) is 24.3 Å². The number of benzene rings is 3. The molecule has 4 heterocycles. The third-order valence-corrected chi connectivity index (χ3v) is 10.3. The Labute approximate surface area is 285 Å². The van der Waals surface area contributed by atoms with Gasteiger partial charge in [-0.2, -0.15) is 0 Å². The molecule has 7 rings (SSSR count). The highest BCUT2D eigenvalue weighted by Crippen LogP contribution is 2.54. The zero-order chi connectivity index (χ0) is 34.3. The molecule has 0 bridgehead atoms. The fourth-order valence-corrected chi connectivity index (χ4v) is 7.90. The number of carbonyl (C=O) groups is 4. The molecule has 0 unspecified atom stereocenters. The SMILES string of the molecule is CC(C)[C@H](CO)N1C(=O)[C@@H]2[C@H]3C(=O)O[C@H](c4ccccc4)CNC(=O)CC/C=C\[C@H]3O[C@@]23C=CCN(c2ccc4ccccc4c2)C(=O)[C@@H]13. The Kier molecular flexibility index (Phi) is 8.85. The summed E-state index contributed by atoms with van der Waals surface area (Å²) in [6.45, 7) is 3.70. The highest BCUT2D eigenvalue weighted by atomic mass is 16.6. The van der Waals surface area contributed by atoms with Crippen molar-refractivity contribution in [2.75, 3.05) is 24.6 Å². The molecule has 49 heavy (non-hydrogen) atoms. The molecular formula is C39H41N3O7. The first-order valence-corrected chi connectivity index (χ1v) is 17.0. The fourth-order valence-electron chi connectivity index (χ4n) is 7.90. The third kappa shape index (κ3) is 5.72. The van der Waals surface area contributed by atoms with E-state index in [1.54, 1.807) is 23.1 Å². The van der Waals surface area contributed by atoms with E-state index in [1.165, 1.54) is 4.90 Å². The van der Waals surface area contributed by atoms with Gasteiger partial charge < -0.3 is 29.7 Å². The molecule has 2 N–H and O–H groups in total. The number of rotatable bonds is 5. The molecule has 10 heteroatoms. The molecule has 2 saturated heterocycles. The molecule has 3 amide bonds. The summed E-state index contributed by atoms with van der Waals surface area (Å²) in [7, 11) is 0. The van der Waals surface area contributed by atoms with E-state index in [0.29, 0.717) is 17.7 Å². The van der Waals surface area contributed by atoms with Gasteiger partial charge >= 0.3 is 5.97 Å². The first kappa shape index (κ1) is 32.7. The minimum absolute atomic E-state index is 0.0636. The van der Waals surface area contributed by atoms with E-state index in [-0.39, 0.29) is 43.8 Å². The van der Waals surface area contributed by atoms with Crippen LogP contribution in [0.3, 0.4) is 0 Å². The lowest BCUT2D eigenvalue weighted by Gasteiger charge is -2.39. The minimum atomic E-state index is -1.52. The Bertz CT molecular complexity index is 1820. The Morgan fingerprint density at radius 3 is 2.45 bits per heavy atom. The standard InChI is InChI=1S/C39H41N3O7/c1-24(2)29(23-43)42-35-37(46)41(28-18-17-25-11-6-7-14-27(25)21-28)20-10-19-39(35)34(36(42)45)33-30(49-39)15-8-9-16-32(44)40-22-31(48-38(33)47)26-12-4-3-5-13-26/h3-8,10-15,17-19,21,24,29-31,33-35,43H,9,16,20,22-23H2,1-2H3,(H,40,44)/b15-8-/t29-,30+,31-,33-,34-,35+,39-/m0/s1. The second kappa shape index (κ2) is 13.2. The van der Waals surface area contributed by atoms with Crippen LogP contribution < -0.4 is 10.2 Å². The highest BCUT2D eigenvalue weighted by Gasteiger charge is 2.72. The maximum absolute atomic E-state index is 14.9. The summed E-state index contributed by atoms with van der Waals surface area (Å²) in [5, 5.41) is 15.5. The van der Waals surface area contributed by atoms with Crippen LogP contribution in [0.2, 0.25) is 0 Å². The van der Waals surface area contributed by atoms with Crippen molar-refractivity contribution in [3.05, 3.63) is 103 Å². The van der Waals surface area contributed by atoms with Gasteiger partial charge in [-0.15, -0.1) is 0 Å². The maximum atomic E-state index is 14.9. The van der Waals surface area contributed by atoms with Crippen molar-refractivity contribution < 1.29 is 33.8 Å². The summed E-state index contributed by atoms with van der Waals surface area (Å²) < 4.78 is 13.0. The number of amides is 3. The lowest BCUT2D eigenvalue weighted by molar-refractivity contribution is -0.160. The highest BCUT2D eigenvalue weighted by molar-refractivity contribution is 6.06. The van der Waals surface area contributed by atoms with Gasteiger partial charge in [-0.25, -0.2) is 0 Å². The van der Waals surface area contributed by atoms with E-state index >= 15 is 0 Å². The Morgan fingerprint density at radius 2 is 1.69 bits per heavy atom. The topological polar surface area (TPSA) is 125 Å². The number of aliphatic hydroxyl groups excluding tert-OH is 1. The van der Waals surface area contributed by atoms with Crippen molar-refractivity contribution >= 4 is 40.2 Å². The number of esters is 1. The van der Waals surface area contributed by atoms with Crippen LogP contribution in [0.25, 0.3) is 10.8 Å². The van der Waals surface area contributed by atoms with E-state index in [0.717, 1.165) is 10.8 Å². The summed E-state index contributed by atoms with van der Waals surface area (Å²) in [6.07, 6.45) is 6.02. The molecule has 4 aliphatic heterocycles. The second-order valence-electron chi connectivity index (χ2n) is 13.6. The Balaban J connectivity index is 1.33. The van der Waals surface area contributed by atoms with Gasteiger partial charge in [0, 0.05) is 18.7 Å². The number of carbonyl (C=O) groups excluding carboxylic acids is 4. The number of ether oxygens (including phenoxy) is 2. The number of cyclic esters (lactones) is 1. The van der Waals surface area contributed by atoms with Crippen molar-refractivity contribution in [2.45, 2.75) is 56.6 Å². The third-order valence-electron chi connectivity index (χ3n) is 10.3. The van der Waals surface area contributed by atoms with Crippen LogP contribution in [-0.2, 0) is 28.7 Å². The van der Waals surface area contributed by atoms with Gasteiger partial charge in [0.05, 0.1) is 31.2 Å². The Morgan fingerprint density at radius 1 is 0.939 bits per heavy atom. The number of likely N-dealkylation sites (tertiary alicyclic amines) is 1. The molecule has 3 aromatic rings. The second-order valence-corrected chi connectivity index (χ2v) is 13.6. The number of hydrogen-bond acceptors (Lipinski definition) is 7. The lowest BCUT2D eigenvalue weighted by atomic mass is 9.77. The first-order valence-electron chi connectivity index (χ1n) is 17.0. The zero-order valence-electron chi connectivity index (χ0n) is 27.6. The predicted octanol–water partition coefficient (Wildman–Crippen LogP) is 4.09. The van der Waals surface area contributed by atoms with Gasteiger partial charge in [-0.05, 0) is 40.8 Å². The lowest BCUT2D eigenvalue weighted by Crippen LogP contribution is -2.59. The summed E-state index contributed by atoms with van der Waals surface area (Å²) >= 11 is 0. The van der Waals surface area contributed by atoms with Crippen LogP contribution in [0, 0.1) is 17.8 Å². The summed E-state index contributed by atoms with van der Waals surface area (Å²) in [4.78, 5) is 59.9. The molecule has 1 spiro atoms.